The molecule has 0 spiro atoms. The molecule has 29 heavy (non-hydrogen) atoms. The van der Waals surface area contributed by atoms with Crippen LogP contribution in [0.5, 0.6) is 0 Å². The maximum atomic E-state index is 12.2. The number of carbonyl (C=O) groups excluding carboxylic acids is 1. The van der Waals surface area contributed by atoms with E-state index >= 15 is 0 Å². The number of esters is 1. The molecule has 0 saturated heterocycles. The summed E-state index contributed by atoms with van der Waals surface area (Å²) in [7, 11) is 0. The molecule has 0 bridgehead atoms. The summed E-state index contributed by atoms with van der Waals surface area (Å²) < 4.78 is 11.9. The van der Waals surface area contributed by atoms with Gasteiger partial charge in [-0.3, -0.25) is 4.79 Å². The van der Waals surface area contributed by atoms with Gasteiger partial charge in [0.1, 0.15) is 11.2 Å². The van der Waals surface area contributed by atoms with Crippen molar-refractivity contribution < 1.29 is 14.3 Å². The van der Waals surface area contributed by atoms with E-state index in [4.69, 9.17) is 9.47 Å². The van der Waals surface area contributed by atoms with E-state index in [9.17, 15) is 4.79 Å². The van der Waals surface area contributed by atoms with Crippen molar-refractivity contribution in [1.82, 2.24) is 0 Å². The average Bonchev–Trinajstić information content (AvgIpc) is 2.70. The van der Waals surface area contributed by atoms with E-state index in [1.54, 1.807) is 12.2 Å². The maximum Gasteiger partial charge on any atom is 0.308 e. The quantitative estimate of drug-likeness (QED) is 0.390. The molecule has 0 aliphatic carbocycles. The zero-order valence-electron chi connectivity index (χ0n) is 17.6. The first-order valence-electron chi connectivity index (χ1n) is 9.76. The van der Waals surface area contributed by atoms with E-state index in [-0.39, 0.29) is 19.0 Å². The Morgan fingerprint density at radius 3 is 1.86 bits per heavy atom. The van der Waals surface area contributed by atoms with E-state index in [2.05, 4.69) is 13.2 Å². The molecule has 0 aliphatic heterocycles. The Bertz CT molecular complexity index is 803. The Hall–Kier alpha value is -2.91. The largest absolute Gasteiger partial charge is 0.460 e. The Balaban J connectivity index is 2.49. The third-order valence-corrected chi connectivity index (χ3v) is 4.33. The third kappa shape index (κ3) is 5.78. The van der Waals surface area contributed by atoms with Gasteiger partial charge in [0.2, 0.25) is 0 Å². The van der Waals surface area contributed by atoms with Crippen LogP contribution in [0.3, 0.4) is 0 Å². The third-order valence-electron chi connectivity index (χ3n) is 4.33. The summed E-state index contributed by atoms with van der Waals surface area (Å²) in [5.74, 6) is -0.291. The predicted octanol–water partition coefficient (Wildman–Crippen LogP) is 5.98. The minimum atomic E-state index is -0.916. The molecule has 0 unspecified atom stereocenters. The summed E-state index contributed by atoms with van der Waals surface area (Å²) in [4.78, 5) is 12.2. The highest BCUT2D eigenvalue weighted by molar-refractivity contribution is 5.70. The van der Waals surface area contributed by atoms with Crippen molar-refractivity contribution in [3.63, 3.8) is 0 Å². The van der Waals surface area contributed by atoms with Gasteiger partial charge in [0.25, 0.3) is 0 Å². The molecule has 0 saturated carbocycles. The zero-order chi connectivity index (χ0) is 21.3. The number of hydrogen-bond acceptors (Lipinski definition) is 3. The molecule has 3 nitrogen and oxygen atoms in total. The van der Waals surface area contributed by atoms with E-state index in [0.29, 0.717) is 0 Å². The fourth-order valence-corrected chi connectivity index (χ4v) is 3.23. The van der Waals surface area contributed by atoms with Crippen LogP contribution < -0.4 is 0 Å². The molecule has 0 aliphatic rings. The molecule has 0 N–H and O–H groups in total. The highest BCUT2D eigenvalue weighted by Gasteiger charge is 2.38. The fraction of sp³-hybridized carbons (Fsp3) is 0.269. The molecule has 2 aromatic carbocycles. The highest BCUT2D eigenvalue weighted by atomic mass is 16.6. The van der Waals surface area contributed by atoms with Crippen LogP contribution in [0, 0.1) is 0 Å². The fourth-order valence-electron chi connectivity index (χ4n) is 3.23. The first-order chi connectivity index (χ1) is 13.8. The Kier molecular flexibility index (Phi) is 7.74. The summed E-state index contributed by atoms with van der Waals surface area (Å²) in [6.07, 6.45) is 5.53. The van der Waals surface area contributed by atoms with E-state index in [1.807, 2.05) is 87.5 Å². The van der Waals surface area contributed by atoms with Crippen LogP contribution in [-0.2, 0) is 19.9 Å². The second-order valence-electron chi connectivity index (χ2n) is 7.66. The first-order valence-corrected chi connectivity index (χ1v) is 9.76. The zero-order valence-corrected chi connectivity index (χ0v) is 17.6. The maximum absolute atomic E-state index is 12.2. The van der Waals surface area contributed by atoms with Crippen molar-refractivity contribution in [3.05, 3.63) is 109 Å². The van der Waals surface area contributed by atoms with Crippen LogP contribution in [0.2, 0.25) is 0 Å². The smallest absolute Gasteiger partial charge is 0.308 e. The SMILES string of the molecule is C=C/C=C(\C=C)C(OCCC(=O)OC(C)(C)C)(c1ccccc1)c1ccccc1. The van der Waals surface area contributed by atoms with Gasteiger partial charge in [0.15, 0.2) is 0 Å². The topological polar surface area (TPSA) is 35.5 Å². The normalized spacial score (nSPS) is 12.3. The molecule has 0 aromatic heterocycles. The van der Waals surface area contributed by atoms with Crippen molar-refractivity contribution in [3.8, 4) is 0 Å². The highest BCUT2D eigenvalue weighted by Crippen LogP contribution is 2.41. The summed E-state index contributed by atoms with van der Waals surface area (Å²) in [5, 5.41) is 0. The molecule has 0 heterocycles. The number of allylic oxidation sites excluding steroid dienone is 2. The van der Waals surface area contributed by atoms with Crippen molar-refractivity contribution in [1.29, 1.82) is 0 Å². The van der Waals surface area contributed by atoms with Crippen LogP contribution in [0.4, 0.5) is 0 Å². The molecule has 3 heteroatoms. The predicted molar refractivity (Wildman–Crippen MR) is 119 cm³/mol. The molecular weight excluding hydrogens is 360 g/mol. The van der Waals surface area contributed by atoms with Crippen molar-refractivity contribution >= 4 is 5.97 Å². The minimum absolute atomic E-state index is 0.150. The Labute approximate surface area is 174 Å². The standard InChI is InChI=1S/C26H30O3/c1-6-14-21(7-2)26(22-15-10-8-11-16-22,23-17-12-9-13-18-23)28-20-19-24(27)29-25(3,4)5/h6-18H,1-2,19-20H2,3-5H3/b21-14+. The molecular formula is C26H30O3. The lowest BCUT2D eigenvalue weighted by molar-refractivity contribution is -0.156. The van der Waals surface area contributed by atoms with E-state index in [0.717, 1.165) is 16.7 Å². The van der Waals surface area contributed by atoms with Crippen molar-refractivity contribution in [2.24, 2.45) is 0 Å². The van der Waals surface area contributed by atoms with Gasteiger partial charge in [-0.05, 0) is 37.5 Å². The summed E-state index contributed by atoms with van der Waals surface area (Å²) >= 11 is 0. The van der Waals surface area contributed by atoms with Crippen molar-refractivity contribution in [2.75, 3.05) is 6.61 Å². The van der Waals surface area contributed by atoms with Gasteiger partial charge < -0.3 is 9.47 Å². The number of ether oxygens (including phenoxy) is 2. The summed E-state index contributed by atoms with van der Waals surface area (Å²) in [6.45, 7) is 13.6. The van der Waals surface area contributed by atoms with Crippen LogP contribution in [0.15, 0.2) is 97.6 Å². The minimum Gasteiger partial charge on any atom is -0.460 e. The van der Waals surface area contributed by atoms with Gasteiger partial charge in [-0.2, -0.15) is 0 Å². The second-order valence-corrected chi connectivity index (χ2v) is 7.66. The number of hydrogen-bond donors (Lipinski definition) is 0. The molecule has 0 fully saturated rings. The lowest BCUT2D eigenvalue weighted by Gasteiger charge is -2.36. The van der Waals surface area contributed by atoms with Crippen LogP contribution in [0.1, 0.15) is 38.3 Å². The molecule has 0 amide bonds. The molecule has 2 aromatic rings. The molecule has 2 rings (SSSR count). The van der Waals surface area contributed by atoms with Gasteiger partial charge in [0, 0.05) is 0 Å². The average molecular weight is 391 g/mol. The van der Waals surface area contributed by atoms with Gasteiger partial charge in [-0.25, -0.2) is 0 Å². The van der Waals surface area contributed by atoms with Crippen LogP contribution >= 0.6 is 0 Å². The Morgan fingerprint density at radius 1 is 0.931 bits per heavy atom. The lowest BCUT2D eigenvalue weighted by atomic mass is 9.79. The van der Waals surface area contributed by atoms with Crippen molar-refractivity contribution in [2.45, 2.75) is 38.4 Å². The number of benzene rings is 2. The van der Waals surface area contributed by atoms with Gasteiger partial charge in [0.05, 0.1) is 13.0 Å². The summed E-state index contributed by atoms with van der Waals surface area (Å²) in [6, 6.07) is 19.9. The number of carbonyl (C=O) groups is 1. The van der Waals surface area contributed by atoms with Gasteiger partial charge in [-0.1, -0.05) is 92.0 Å². The van der Waals surface area contributed by atoms with Crippen LogP contribution in [-0.4, -0.2) is 18.2 Å². The summed E-state index contributed by atoms with van der Waals surface area (Å²) in [5.41, 5.74) is 1.29. The molecule has 0 atom stereocenters. The molecule has 152 valence electrons. The monoisotopic (exact) mass is 390 g/mol. The van der Waals surface area contributed by atoms with E-state index < -0.39 is 11.2 Å². The van der Waals surface area contributed by atoms with Gasteiger partial charge in [-0.15, -0.1) is 0 Å². The molecule has 0 radical (unpaired) electrons. The lowest BCUT2D eigenvalue weighted by Crippen LogP contribution is -2.34. The van der Waals surface area contributed by atoms with Crippen LogP contribution in [0.25, 0.3) is 0 Å². The second kappa shape index (κ2) is 10.0. The van der Waals surface area contributed by atoms with Gasteiger partial charge >= 0.3 is 5.97 Å². The van der Waals surface area contributed by atoms with E-state index in [1.165, 1.54) is 0 Å². The number of rotatable bonds is 9. The first kappa shape index (κ1) is 22.4. The Morgan fingerprint density at radius 2 is 1.45 bits per heavy atom.